The van der Waals surface area contributed by atoms with Crippen molar-refractivity contribution >= 4 is 34.5 Å². The summed E-state index contributed by atoms with van der Waals surface area (Å²) in [6.45, 7) is 7.88. The third-order valence-corrected chi connectivity index (χ3v) is 5.43. The van der Waals surface area contributed by atoms with Gasteiger partial charge in [-0.25, -0.2) is 4.79 Å². The number of aromatic amines is 1. The Hall–Kier alpha value is -2.99. The number of carbonyl (C=O) groups excluding carboxylic acids is 2. The summed E-state index contributed by atoms with van der Waals surface area (Å²) in [5.41, 5.74) is 2.87. The number of nitrogens with one attached hydrogen (secondary N) is 3. The molecule has 0 aliphatic heterocycles. The minimum atomic E-state index is -0.572. The molecule has 3 rings (SSSR count). The summed E-state index contributed by atoms with van der Waals surface area (Å²) in [6, 6.07) is 15.3. The van der Waals surface area contributed by atoms with Gasteiger partial charge < -0.3 is 20.4 Å². The van der Waals surface area contributed by atoms with Crippen LogP contribution in [0.1, 0.15) is 57.4 Å². The molecule has 0 saturated heterocycles. The molecule has 0 unspecified atom stereocenters. The lowest BCUT2D eigenvalue weighted by molar-refractivity contribution is 0.0498. The van der Waals surface area contributed by atoms with Crippen LogP contribution in [0.15, 0.2) is 48.5 Å². The van der Waals surface area contributed by atoms with Crippen molar-refractivity contribution in [2.24, 2.45) is 0 Å². The maximum absolute atomic E-state index is 12.8. The molecular formula is C26H32ClN3O3. The zero-order valence-corrected chi connectivity index (χ0v) is 20.4. The van der Waals surface area contributed by atoms with E-state index in [1.165, 1.54) is 0 Å². The number of halogens is 1. The third kappa shape index (κ3) is 7.26. The fourth-order valence-electron chi connectivity index (χ4n) is 3.53. The fraction of sp³-hybridized carbons (Fsp3) is 0.385. The van der Waals surface area contributed by atoms with Gasteiger partial charge in [0.15, 0.2) is 0 Å². The average Bonchev–Trinajstić information content (AvgIpc) is 3.18. The van der Waals surface area contributed by atoms with E-state index in [0.717, 1.165) is 41.3 Å². The second-order valence-electron chi connectivity index (χ2n) is 9.19. The maximum atomic E-state index is 12.8. The Morgan fingerprint density at radius 3 is 2.42 bits per heavy atom. The molecular weight excluding hydrogens is 438 g/mol. The first-order valence-electron chi connectivity index (χ1n) is 11.3. The maximum Gasteiger partial charge on any atom is 0.407 e. The number of rotatable bonds is 8. The summed E-state index contributed by atoms with van der Waals surface area (Å²) in [4.78, 5) is 28.2. The minimum absolute atomic E-state index is 0.204. The number of amides is 2. The highest BCUT2D eigenvalue weighted by Gasteiger charge is 2.20. The molecule has 1 heterocycles. The number of fused-ring (bicyclic) bond motifs is 1. The van der Waals surface area contributed by atoms with E-state index in [0.29, 0.717) is 17.3 Å². The molecule has 7 heteroatoms. The zero-order valence-electron chi connectivity index (χ0n) is 19.6. The van der Waals surface area contributed by atoms with E-state index in [1.807, 2.05) is 69.3 Å². The van der Waals surface area contributed by atoms with Crippen molar-refractivity contribution in [3.05, 3.63) is 59.2 Å². The van der Waals surface area contributed by atoms with Crippen LogP contribution in [0.2, 0.25) is 5.02 Å². The van der Waals surface area contributed by atoms with Crippen molar-refractivity contribution in [3.63, 3.8) is 0 Å². The number of hydrogen-bond donors (Lipinski definition) is 3. The monoisotopic (exact) mass is 469 g/mol. The Labute approximate surface area is 200 Å². The van der Waals surface area contributed by atoms with Gasteiger partial charge in [-0.3, -0.25) is 4.79 Å². The van der Waals surface area contributed by atoms with Crippen LogP contribution in [0.3, 0.4) is 0 Å². The number of ether oxygens (including phenoxy) is 1. The summed E-state index contributed by atoms with van der Waals surface area (Å²) in [5, 5.41) is 7.45. The Bertz CT molecular complexity index is 1100. The van der Waals surface area contributed by atoms with Crippen molar-refractivity contribution in [1.29, 1.82) is 0 Å². The molecule has 2 aromatic carbocycles. The van der Waals surface area contributed by atoms with E-state index >= 15 is 0 Å². The molecule has 2 amide bonds. The van der Waals surface area contributed by atoms with Gasteiger partial charge in [0, 0.05) is 28.5 Å². The smallest absolute Gasteiger partial charge is 0.407 e. The lowest BCUT2D eigenvalue weighted by atomic mass is 10.0. The van der Waals surface area contributed by atoms with Crippen molar-refractivity contribution in [1.82, 2.24) is 15.6 Å². The van der Waals surface area contributed by atoms with Crippen LogP contribution in [0.4, 0.5) is 4.79 Å². The van der Waals surface area contributed by atoms with E-state index < -0.39 is 11.7 Å². The third-order valence-electron chi connectivity index (χ3n) is 5.18. The van der Waals surface area contributed by atoms with Crippen LogP contribution in [-0.2, 0) is 4.74 Å². The first-order valence-corrected chi connectivity index (χ1v) is 11.7. The van der Waals surface area contributed by atoms with Crippen molar-refractivity contribution in [2.45, 2.75) is 58.6 Å². The number of unbranched alkanes of at least 4 members (excludes halogenated alkanes) is 1. The first kappa shape index (κ1) is 24.6. The van der Waals surface area contributed by atoms with Gasteiger partial charge in [-0.05, 0) is 62.6 Å². The highest BCUT2D eigenvalue weighted by Crippen LogP contribution is 2.26. The Kier molecular flexibility index (Phi) is 8.03. The topological polar surface area (TPSA) is 83.2 Å². The second-order valence-corrected chi connectivity index (χ2v) is 9.62. The average molecular weight is 470 g/mol. The van der Waals surface area contributed by atoms with E-state index in [9.17, 15) is 9.59 Å². The molecule has 176 valence electrons. The van der Waals surface area contributed by atoms with Gasteiger partial charge in [0.1, 0.15) is 11.3 Å². The predicted octanol–water partition coefficient (Wildman–Crippen LogP) is 6.30. The quantitative estimate of drug-likeness (QED) is 0.362. The zero-order chi connectivity index (χ0) is 24.0. The molecule has 0 aliphatic carbocycles. The summed E-state index contributed by atoms with van der Waals surface area (Å²) in [7, 11) is 0. The molecule has 0 saturated carbocycles. The van der Waals surface area contributed by atoms with E-state index in [1.54, 1.807) is 0 Å². The van der Waals surface area contributed by atoms with Crippen molar-refractivity contribution in [3.8, 4) is 11.1 Å². The molecule has 0 fully saturated rings. The molecule has 1 aromatic heterocycles. The minimum Gasteiger partial charge on any atom is -0.444 e. The molecule has 6 nitrogen and oxygen atoms in total. The van der Waals surface area contributed by atoms with Crippen LogP contribution in [0.25, 0.3) is 22.0 Å². The molecule has 33 heavy (non-hydrogen) atoms. The Morgan fingerprint density at radius 2 is 1.76 bits per heavy atom. The first-order chi connectivity index (χ1) is 15.6. The normalized spacial score (nSPS) is 12.4. The standard InChI is InChI=1S/C26H32ClN3O3/c1-5-6-7-21(29-25(32)33-26(2,3)4)16-28-24(31)23-15-19-9-8-18(14-22(19)30-23)17-10-12-20(27)13-11-17/h8-15,21,30H,5-7,16H2,1-4H3,(H,28,31)(H,29,32)/t21-/m1/s1. The summed E-state index contributed by atoms with van der Waals surface area (Å²) in [6.07, 6.45) is 2.22. The molecule has 0 spiro atoms. The Balaban J connectivity index is 1.66. The number of H-pyrrole nitrogens is 1. The van der Waals surface area contributed by atoms with Gasteiger partial charge in [-0.2, -0.15) is 0 Å². The highest BCUT2D eigenvalue weighted by molar-refractivity contribution is 6.30. The van der Waals surface area contributed by atoms with E-state index in [4.69, 9.17) is 16.3 Å². The lowest BCUT2D eigenvalue weighted by Crippen LogP contribution is -2.45. The van der Waals surface area contributed by atoms with Crippen LogP contribution < -0.4 is 10.6 Å². The Morgan fingerprint density at radius 1 is 1.06 bits per heavy atom. The second kappa shape index (κ2) is 10.8. The molecule has 3 N–H and O–H groups in total. The van der Waals surface area contributed by atoms with Crippen LogP contribution in [0.5, 0.6) is 0 Å². The SMILES string of the molecule is CCCC[C@H](CNC(=O)c1cc2ccc(-c3ccc(Cl)cc3)cc2[nH]1)NC(=O)OC(C)(C)C. The van der Waals surface area contributed by atoms with Gasteiger partial charge in [-0.15, -0.1) is 0 Å². The van der Waals surface area contributed by atoms with Crippen molar-refractivity contribution < 1.29 is 14.3 Å². The van der Waals surface area contributed by atoms with Crippen molar-refractivity contribution in [2.75, 3.05) is 6.54 Å². The van der Waals surface area contributed by atoms with Gasteiger partial charge >= 0.3 is 6.09 Å². The van der Waals surface area contributed by atoms with E-state index in [-0.39, 0.29) is 11.9 Å². The number of carbonyl (C=O) groups is 2. The number of alkyl carbamates (subject to hydrolysis) is 1. The molecule has 3 aromatic rings. The van der Waals surface area contributed by atoms with Crippen LogP contribution in [0, 0.1) is 0 Å². The van der Waals surface area contributed by atoms with Gasteiger partial charge in [0.25, 0.3) is 5.91 Å². The summed E-state index contributed by atoms with van der Waals surface area (Å²) < 4.78 is 5.36. The summed E-state index contributed by atoms with van der Waals surface area (Å²) >= 11 is 5.99. The molecule has 0 radical (unpaired) electrons. The summed E-state index contributed by atoms with van der Waals surface area (Å²) in [5.74, 6) is -0.216. The fourth-order valence-corrected chi connectivity index (χ4v) is 3.66. The van der Waals surface area contributed by atoms with Gasteiger partial charge in [-0.1, -0.05) is 55.6 Å². The van der Waals surface area contributed by atoms with Gasteiger partial charge in [0.2, 0.25) is 0 Å². The molecule has 0 bridgehead atoms. The van der Waals surface area contributed by atoms with Gasteiger partial charge in [0.05, 0.1) is 0 Å². The highest BCUT2D eigenvalue weighted by atomic mass is 35.5. The molecule has 0 aliphatic rings. The molecule has 1 atom stereocenters. The predicted molar refractivity (Wildman–Crippen MR) is 134 cm³/mol. The van der Waals surface area contributed by atoms with E-state index in [2.05, 4.69) is 22.5 Å². The van der Waals surface area contributed by atoms with Crippen LogP contribution in [-0.4, -0.2) is 35.2 Å². The number of aromatic nitrogens is 1. The van der Waals surface area contributed by atoms with Crippen LogP contribution >= 0.6 is 11.6 Å². The largest absolute Gasteiger partial charge is 0.444 e. The number of hydrogen-bond acceptors (Lipinski definition) is 3. The number of benzene rings is 2. The lowest BCUT2D eigenvalue weighted by Gasteiger charge is -2.23.